The van der Waals surface area contributed by atoms with Gasteiger partial charge in [0.2, 0.25) is 0 Å². The lowest BCUT2D eigenvalue weighted by Crippen LogP contribution is -2.30. The second-order valence-corrected chi connectivity index (χ2v) is 2.38. The Morgan fingerprint density at radius 3 is 2.75 bits per heavy atom. The normalized spacial score (nSPS) is 28.5. The molecule has 0 saturated heterocycles. The van der Waals surface area contributed by atoms with Gasteiger partial charge in [-0.05, 0) is 6.26 Å². The van der Waals surface area contributed by atoms with E-state index in [-0.39, 0.29) is 5.50 Å². The Morgan fingerprint density at radius 2 is 2.50 bits per heavy atom. The maximum Gasteiger partial charge on any atom is 0.189 e. The maximum atomic E-state index is 3.84. The SMILES string of the molecule is CSC1N=NNN1C. The van der Waals surface area contributed by atoms with E-state index < -0.39 is 0 Å². The minimum absolute atomic E-state index is 0.162. The largest absolute Gasteiger partial charge is 0.219 e. The molecule has 0 aromatic rings. The van der Waals surface area contributed by atoms with Crippen LogP contribution in [0.5, 0.6) is 0 Å². The lowest BCUT2D eigenvalue weighted by molar-refractivity contribution is 0.276. The van der Waals surface area contributed by atoms with Crippen molar-refractivity contribution >= 4 is 11.8 Å². The number of thioether (sulfide) groups is 1. The molecule has 1 atom stereocenters. The molecule has 1 aliphatic rings. The van der Waals surface area contributed by atoms with Crippen LogP contribution in [0.25, 0.3) is 0 Å². The van der Waals surface area contributed by atoms with Crippen molar-refractivity contribution in [3.05, 3.63) is 0 Å². The van der Waals surface area contributed by atoms with Gasteiger partial charge in [0.1, 0.15) is 0 Å². The molecule has 0 spiro atoms. The molecule has 1 aliphatic heterocycles. The molecule has 1 rings (SSSR count). The third-order valence-corrected chi connectivity index (χ3v) is 1.73. The molecule has 1 heterocycles. The highest BCUT2D eigenvalue weighted by Gasteiger charge is 2.15. The Balaban J connectivity index is 2.41. The summed E-state index contributed by atoms with van der Waals surface area (Å²) in [4.78, 5) is 0. The van der Waals surface area contributed by atoms with Crippen molar-refractivity contribution in [2.24, 2.45) is 10.3 Å². The van der Waals surface area contributed by atoms with E-state index in [1.54, 1.807) is 11.8 Å². The predicted molar refractivity (Wildman–Crippen MR) is 33.1 cm³/mol. The molecule has 8 heavy (non-hydrogen) atoms. The fraction of sp³-hybridized carbons (Fsp3) is 1.00. The first-order chi connectivity index (χ1) is 3.84. The molecule has 0 fully saturated rings. The van der Waals surface area contributed by atoms with Crippen LogP contribution in [-0.2, 0) is 0 Å². The summed E-state index contributed by atoms with van der Waals surface area (Å²) in [6.07, 6.45) is 1.99. The number of nitrogens with zero attached hydrogens (tertiary/aromatic N) is 3. The average Bonchev–Trinajstić information content (AvgIpc) is 2.14. The minimum atomic E-state index is 0.162. The van der Waals surface area contributed by atoms with Crippen LogP contribution in [0.1, 0.15) is 0 Å². The zero-order chi connectivity index (χ0) is 5.98. The molecule has 0 aromatic carbocycles. The number of nitrogens with one attached hydrogen (secondary N) is 1. The molecule has 4 nitrogen and oxygen atoms in total. The van der Waals surface area contributed by atoms with E-state index in [0.29, 0.717) is 0 Å². The van der Waals surface area contributed by atoms with Crippen molar-refractivity contribution in [1.29, 1.82) is 0 Å². The van der Waals surface area contributed by atoms with E-state index >= 15 is 0 Å². The summed E-state index contributed by atoms with van der Waals surface area (Å²) < 4.78 is 0. The summed E-state index contributed by atoms with van der Waals surface area (Å²) in [6, 6.07) is 0. The molecule has 0 saturated carbocycles. The van der Waals surface area contributed by atoms with E-state index in [4.69, 9.17) is 0 Å². The summed E-state index contributed by atoms with van der Waals surface area (Å²) in [6.45, 7) is 0. The van der Waals surface area contributed by atoms with Gasteiger partial charge in [0.05, 0.1) is 0 Å². The topological polar surface area (TPSA) is 40.0 Å². The number of hydrogen-bond acceptors (Lipinski definition) is 5. The smallest absolute Gasteiger partial charge is 0.189 e. The summed E-state index contributed by atoms with van der Waals surface area (Å²) in [7, 11) is 1.90. The van der Waals surface area contributed by atoms with Gasteiger partial charge in [-0.2, -0.15) is 5.01 Å². The highest BCUT2D eigenvalue weighted by molar-refractivity contribution is 7.99. The van der Waals surface area contributed by atoms with Gasteiger partial charge in [0, 0.05) is 7.05 Å². The van der Waals surface area contributed by atoms with Crippen LogP contribution in [0, 0.1) is 0 Å². The molecule has 46 valence electrons. The van der Waals surface area contributed by atoms with E-state index in [9.17, 15) is 0 Å². The van der Waals surface area contributed by atoms with Crippen LogP contribution in [-0.4, -0.2) is 23.8 Å². The Hall–Kier alpha value is -0.290. The van der Waals surface area contributed by atoms with Crippen LogP contribution in [0.3, 0.4) is 0 Å². The van der Waals surface area contributed by atoms with Crippen molar-refractivity contribution in [2.75, 3.05) is 13.3 Å². The molecule has 1 N–H and O–H groups in total. The van der Waals surface area contributed by atoms with Crippen LogP contribution in [0.2, 0.25) is 0 Å². The summed E-state index contributed by atoms with van der Waals surface area (Å²) in [5.41, 5.74) is 2.85. The second kappa shape index (κ2) is 2.32. The molecular weight excluding hydrogens is 124 g/mol. The van der Waals surface area contributed by atoms with Gasteiger partial charge in [-0.3, -0.25) is 0 Å². The van der Waals surface area contributed by atoms with E-state index in [2.05, 4.69) is 15.9 Å². The highest BCUT2D eigenvalue weighted by Crippen LogP contribution is 2.13. The summed E-state index contributed by atoms with van der Waals surface area (Å²) in [5, 5.41) is 9.27. The fourth-order valence-electron chi connectivity index (χ4n) is 0.478. The standard InChI is InChI=1S/C3H8N4S/c1-7-3(8-2)4-5-6-7/h3H,1-2H3,(H,4,6). The molecule has 0 amide bonds. The number of hydrogen-bond donors (Lipinski definition) is 1. The first-order valence-electron chi connectivity index (χ1n) is 2.25. The Morgan fingerprint density at radius 1 is 1.75 bits per heavy atom. The van der Waals surface area contributed by atoms with Crippen LogP contribution < -0.4 is 5.53 Å². The van der Waals surface area contributed by atoms with Gasteiger partial charge in [0.25, 0.3) is 0 Å². The summed E-state index contributed by atoms with van der Waals surface area (Å²) >= 11 is 1.64. The average molecular weight is 132 g/mol. The van der Waals surface area contributed by atoms with Crippen LogP contribution in [0.4, 0.5) is 0 Å². The lowest BCUT2D eigenvalue weighted by Gasteiger charge is -2.10. The molecule has 0 radical (unpaired) electrons. The molecule has 1 unspecified atom stereocenters. The third kappa shape index (κ3) is 0.924. The first kappa shape index (κ1) is 5.84. The first-order valence-corrected chi connectivity index (χ1v) is 3.54. The zero-order valence-electron chi connectivity index (χ0n) is 4.83. The maximum absolute atomic E-state index is 3.84. The summed E-state index contributed by atoms with van der Waals surface area (Å²) in [5.74, 6) is 0. The van der Waals surface area contributed by atoms with Crippen molar-refractivity contribution in [1.82, 2.24) is 10.5 Å². The molecule has 0 aliphatic carbocycles. The molecular formula is C3H8N4S. The van der Waals surface area contributed by atoms with Crippen molar-refractivity contribution in [3.8, 4) is 0 Å². The predicted octanol–water partition coefficient (Wildman–Crippen LogP) is 0.450. The van der Waals surface area contributed by atoms with Gasteiger partial charge in [-0.1, -0.05) is 5.22 Å². The monoisotopic (exact) mass is 132 g/mol. The number of hydrazine groups is 1. The fourth-order valence-corrected chi connectivity index (χ4v) is 0.983. The van der Waals surface area contributed by atoms with Gasteiger partial charge in [-0.15, -0.1) is 16.9 Å². The lowest BCUT2D eigenvalue weighted by atomic mass is 11.0. The van der Waals surface area contributed by atoms with Gasteiger partial charge < -0.3 is 0 Å². The van der Waals surface area contributed by atoms with Gasteiger partial charge in [-0.25, -0.2) is 5.53 Å². The Bertz CT molecular complexity index is 103. The van der Waals surface area contributed by atoms with Crippen molar-refractivity contribution in [3.63, 3.8) is 0 Å². The van der Waals surface area contributed by atoms with Crippen molar-refractivity contribution < 1.29 is 0 Å². The van der Waals surface area contributed by atoms with Crippen LogP contribution in [0.15, 0.2) is 10.3 Å². The third-order valence-electron chi connectivity index (χ3n) is 0.901. The molecule has 0 bridgehead atoms. The highest BCUT2D eigenvalue weighted by atomic mass is 32.2. The van der Waals surface area contributed by atoms with E-state index in [0.717, 1.165) is 0 Å². The quantitative estimate of drug-likeness (QED) is 0.563. The number of rotatable bonds is 1. The Kier molecular flexibility index (Phi) is 1.69. The van der Waals surface area contributed by atoms with Crippen LogP contribution >= 0.6 is 11.8 Å². The van der Waals surface area contributed by atoms with E-state index in [1.165, 1.54) is 0 Å². The van der Waals surface area contributed by atoms with Gasteiger partial charge >= 0.3 is 0 Å². The molecule has 0 aromatic heterocycles. The second-order valence-electron chi connectivity index (χ2n) is 1.49. The molecule has 5 heteroatoms. The Labute approximate surface area is 52.3 Å². The zero-order valence-corrected chi connectivity index (χ0v) is 5.64. The minimum Gasteiger partial charge on any atom is -0.219 e. The van der Waals surface area contributed by atoms with Gasteiger partial charge in [0.15, 0.2) is 5.50 Å². The van der Waals surface area contributed by atoms with Crippen molar-refractivity contribution in [2.45, 2.75) is 5.50 Å². The van der Waals surface area contributed by atoms with E-state index in [1.807, 2.05) is 18.3 Å².